The van der Waals surface area contributed by atoms with E-state index in [1.807, 2.05) is 19.1 Å². The van der Waals surface area contributed by atoms with Gasteiger partial charge in [-0.15, -0.1) is 11.8 Å². The van der Waals surface area contributed by atoms with E-state index in [1.54, 1.807) is 11.8 Å². The fraction of sp³-hybridized carbons (Fsp3) is 0.438. The highest BCUT2D eigenvalue weighted by atomic mass is 32.2. The Balaban J connectivity index is 2.43. The molecule has 4 heteroatoms. The van der Waals surface area contributed by atoms with Crippen molar-refractivity contribution in [2.45, 2.75) is 27.2 Å². The van der Waals surface area contributed by atoms with Crippen molar-refractivity contribution >= 4 is 22.6 Å². The molecule has 108 valence electrons. The number of benzene rings is 1. The normalized spacial score (nSPS) is 15.4. The number of allylic oxidation sites excluding steroid dienone is 1. The molecular weight excluding hydrogens is 270 g/mol. The second-order valence-electron chi connectivity index (χ2n) is 5.42. The summed E-state index contributed by atoms with van der Waals surface area (Å²) in [6.45, 7) is 7.03. The van der Waals surface area contributed by atoms with Crippen LogP contribution in [-0.2, 0) is 11.2 Å². The van der Waals surface area contributed by atoms with Gasteiger partial charge in [0, 0.05) is 11.3 Å². The molecule has 1 aromatic rings. The van der Waals surface area contributed by atoms with Gasteiger partial charge in [0.2, 0.25) is 5.91 Å². The minimum atomic E-state index is -0.356. The van der Waals surface area contributed by atoms with Crippen LogP contribution in [0.4, 0.5) is 0 Å². The largest absolute Gasteiger partial charge is 0.496 e. The number of ether oxygens (including phenoxy) is 1. The summed E-state index contributed by atoms with van der Waals surface area (Å²) in [6, 6.07) is 5.88. The van der Waals surface area contributed by atoms with E-state index in [4.69, 9.17) is 10.5 Å². The molecule has 0 radical (unpaired) electrons. The van der Waals surface area contributed by atoms with E-state index < -0.39 is 0 Å². The van der Waals surface area contributed by atoms with Crippen LogP contribution in [0, 0.1) is 5.92 Å². The van der Waals surface area contributed by atoms with Crippen LogP contribution >= 0.6 is 11.8 Å². The first-order valence-electron chi connectivity index (χ1n) is 6.88. The maximum atomic E-state index is 11.5. The first-order valence-corrected chi connectivity index (χ1v) is 7.87. The van der Waals surface area contributed by atoms with Crippen molar-refractivity contribution in [2.75, 3.05) is 12.4 Å². The average molecular weight is 291 g/mol. The van der Waals surface area contributed by atoms with Crippen molar-refractivity contribution in [1.82, 2.24) is 0 Å². The lowest BCUT2D eigenvalue weighted by Gasteiger charge is -2.20. The second kappa shape index (κ2) is 6.35. The summed E-state index contributed by atoms with van der Waals surface area (Å²) >= 11 is 1.80. The predicted molar refractivity (Wildman–Crippen MR) is 84.5 cm³/mol. The zero-order valence-electron chi connectivity index (χ0n) is 12.2. The minimum Gasteiger partial charge on any atom is -0.496 e. The molecule has 1 aliphatic heterocycles. The Hall–Kier alpha value is -1.42. The summed E-state index contributed by atoms with van der Waals surface area (Å²) in [6.07, 6.45) is 0.851. The Morgan fingerprint density at radius 2 is 2.20 bits per heavy atom. The zero-order valence-corrected chi connectivity index (χ0v) is 13.0. The smallest absolute Gasteiger partial charge is 0.248 e. The third kappa shape index (κ3) is 3.37. The zero-order chi connectivity index (χ0) is 14.7. The van der Waals surface area contributed by atoms with Crippen LogP contribution in [0.2, 0.25) is 0 Å². The van der Waals surface area contributed by atoms with Gasteiger partial charge in [-0.3, -0.25) is 4.79 Å². The fourth-order valence-corrected chi connectivity index (χ4v) is 3.30. The monoisotopic (exact) mass is 291 g/mol. The van der Waals surface area contributed by atoms with Crippen LogP contribution < -0.4 is 5.73 Å². The molecule has 0 spiro atoms. The van der Waals surface area contributed by atoms with Gasteiger partial charge in [0.05, 0.1) is 11.5 Å². The van der Waals surface area contributed by atoms with Crippen molar-refractivity contribution in [3.8, 4) is 0 Å². The number of rotatable bonds is 4. The second-order valence-corrected chi connectivity index (χ2v) is 6.52. The number of hydrogen-bond donors (Lipinski definition) is 1. The van der Waals surface area contributed by atoms with E-state index in [0.717, 1.165) is 40.6 Å². The number of amides is 1. The van der Waals surface area contributed by atoms with E-state index in [9.17, 15) is 4.79 Å². The third-order valence-electron chi connectivity index (χ3n) is 3.23. The average Bonchev–Trinajstić information content (AvgIpc) is 2.38. The van der Waals surface area contributed by atoms with Gasteiger partial charge in [0.1, 0.15) is 5.76 Å². The van der Waals surface area contributed by atoms with Crippen molar-refractivity contribution < 1.29 is 9.53 Å². The summed E-state index contributed by atoms with van der Waals surface area (Å²) in [4.78, 5) is 12.7. The lowest BCUT2D eigenvalue weighted by Crippen LogP contribution is -2.15. The lowest BCUT2D eigenvalue weighted by molar-refractivity contribution is 0.0999. The number of carbonyl (C=O) groups excluding carboxylic acids is 1. The van der Waals surface area contributed by atoms with Crippen LogP contribution in [0.3, 0.4) is 0 Å². The van der Waals surface area contributed by atoms with E-state index in [-0.39, 0.29) is 5.91 Å². The molecule has 1 aliphatic rings. The Morgan fingerprint density at radius 1 is 1.45 bits per heavy atom. The molecule has 2 N–H and O–H groups in total. The van der Waals surface area contributed by atoms with Gasteiger partial charge in [0.15, 0.2) is 0 Å². The van der Waals surface area contributed by atoms with E-state index >= 15 is 0 Å². The Morgan fingerprint density at radius 3 is 2.80 bits per heavy atom. The minimum absolute atomic E-state index is 0.356. The van der Waals surface area contributed by atoms with E-state index in [2.05, 4.69) is 19.9 Å². The van der Waals surface area contributed by atoms with Gasteiger partial charge in [-0.05, 0) is 42.5 Å². The first-order chi connectivity index (χ1) is 9.49. The Bertz CT molecular complexity index is 549. The van der Waals surface area contributed by atoms with Crippen molar-refractivity contribution in [2.24, 2.45) is 11.7 Å². The summed E-state index contributed by atoms with van der Waals surface area (Å²) in [5.41, 5.74) is 8.24. The van der Waals surface area contributed by atoms with Gasteiger partial charge in [-0.1, -0.05) is 19.9 Å². The van der Waals surface area contributed by atoms with E-state index in [0.29, 0.717) is 11.5 Å². The maximum absolute atomic E-state index is 11.5. The molecule has 0 atom stereocenters. The molecule has 0 saturated heterocycles. The SMILES string of the molecule is CC1=C(c2ccc(C(N)=O)c(CC(C)C)c2)SCCO1. The highest BCUT2D eigenvalue weighted by Crippen LogP contribution is 2.35. The fourth-order valence-electron chi connectivity index (χ4n) is 2.38. The quantitative estimate of drug-likeness (QED) is 0.924. The highest BCUT2D eigenvalue weighted by molar-refractivity contribution is 8.08. The van der Waals surface area contributed by atoms with Crippen LogP contribution in [0.5, 0.6) is 0 Å². The molecule has 0 aliphatic carbocycles. The first kappa shape index (κ1) is 15.0. The molecule has 0 saturated carbocycles. The molecule has 2 rings (SSSR count). The van der Waals surface area contributed by atoms with Crippen LogP contribution in [0.1, 0.15) is 42.3 Å². The van der Waals surface area contributed by atoms with Crippen LogP contribution in [0.25, 0.3) is 4.91 Å². The molecule has 0 aromatic heterocycles. The molecule has 1 amide bonds. The number of primary amides is 1. The van der Waals surface area contributed by atoms with Crippen LogP contribution in [0.15, 0.2) is 24.0 Å². The highest BCUT2D eigenvalue weighted by Gasteiger charge is 2.16. The molecule has 0 fully saturated rings. The third-order valence-corrected chi connectivity index (χ3v) is 4.41. The summed E-state index contributed by atoms with van der Waals surface area (Å²) in [7, 11) is 0. The molecule has 1 aromatic carbocycles. The van der Waals surface area contributed by atoms with Gasteiger partial charge in [-0.2, -0.15) is 0 Å². The van der Waals surface area contributed by atoms with E-state index in [1.165, 1.54) is 0 Å². The number of nitrogens with two attached hydrogens (primary N) is 1. The number of thioether (sulfide) groups is 1. The summed E-state index contributed by atoms with van der Waals surface area (Å²) < 4.78 is 5.61. The molecule has 20 heavy (non-hydrogen) atoms. The Labute approximate surface area is 124 Å². The molecule has 0 unspecified atom stereocenters. The lowest BCUT2D eigenvalue weighted by atomic mass is 9.95. The van der Waals surface area contributed by atoms with Gasteiger partial charge in [0.25, 0.3) is 0 Å². The maximum Gasteiger partial charge on any atom is 0.248 e. The van der Waals surface area contributed by atoms with Crippen molar-refractivity contribution in [1.29, 1.82) is 0 Å². The van der Waals surface area contributed by atoms with Crippen molar-refractivity contribution in [3.05, 3.63) is 40.6 Å². The molecule has 0 bridgehead atoms. The van der Waals surface area contributed by atoms with Gasteiger partial charge < -0.3 is 10.5 Å². The summed E-state index contributed by atoms with van der Waals surface area (Å²) in [5, 5.41) is 0. The Kier molecular flexibility index (Phi) is 4.76. The summed E-state index contributed by atoms with van der Waals surface area (Å²) in [5.74, 6) is 2.05. The number of hydrogen-bond acceptors (Lipinski definition) is 3. The van der Waals surface area contributed by atoms with Gasteiger partial charge in [-0.25, -0.2) is 0 Å². The molecule has 1 heterocycles. The topological polar surface area (TPSA) is 52.3 Å². The molecular formula is C16H21NO2S. The number of carbonyl (C=O) groups is 1. The predicted octanol–water partition coefficient (Wildman–Crippen LogP) is 3.44. The van der Waals surface area contributed by atoms with Crippen LogP contribution in [-0.4, -0.2) is 18.3 Å². The van der Waals surface area contributed by atoms with Crippen molar-refractivity contribution in [3.63, 3.8) is 0 Å². The standard InChI is InChI=1S/C16H21NO2S/c1-10(2)8-13-9-12(4-5-14(13)16(17)18)15-11(3)19-6-7-20-15/h4-5,9-10H,6-8H2,1-3H3,(H2,17,18). The molecule has 3 nitrogen and oxygen atoms in total. The van der Waals surface area contributed by atoms with Gasteiger partial charge >= 0.3 is 0 Å².